The molecule has 1 saturated carbocycles. The maximum absolute atomic E-state index is 13.2. The summed E-state index contributed by atoms with van der Waals surface area (Å²) in [4.78, 5) is 30.4. The van der Waals surface area contributed by atoms with Crippen LogP contribution in [0.2, 0.25) is 0 Å². The first-order chi connectivity index (χ1) is 15.5. The third kappa shape index (κ3) is 2.96. The van der Waals surface area contributed by atoms with Crippen molar-refractivity contribution in [3.63, 3.8) is 0 Å². The number of rotatable bonds is 5. The summed E-state index contributed by atoms with van der Waals surface area (Å²) in [5.74, 6) is -0.768. The van der Waals surface area contributed by atoms with Gasteiger partial charge >= 0.3 is 5.97 Å². The number of benzene rings is 2. The van der Waals surface area contributed by atoms with Crippen LogP contribution in [0, 0.1) is 6.92 Å². The van der Waals surface area contributed by atoms with E-state index < -0.39 is 5.97 Å². The summed E-state index contributed by atoms with van der Waals surface area (Å²) in [6.07, 6.45) is 3.52. The minimum absolute atomic E-state index is 0.0768. The Balaban J connectivity index is 1.46. The fraction of sp³-hybridized carbons (Fsp3) is 0.320. The molecule has 3 heterocycles. The monoisotopic (exact) mass is 429 g/mol. The predicted molar refractivity (Wildman–Crippen MR) is 121 cm³/mol. The topological polar surface area (TPSA) is 88.6 Å². The van der Waals surface area contributed by atoms with Crippen LogP contribution in [0.5, 0.6) is 0 Å². The minimum Gasteiger partial charge on any atom is -0.481 e. The summed E-state index contributed by atoms with van der Waals surface area (Å²) in [5, 5.41) is 9.90. The van der Waals surface area contributed by atoms with E-state index in [4.69, 9.17) is 9.52 Å². The van der Waals surface area contributed by atoms with Gasteiger partial charge in [0.2, 0.25) is 0 Å². The van der Waals surface area contributed by atoms with Gasteiger partial charge in [0.25, 0.3) is 5.56 Å². The molecule has 7 heteroatoms. The Bertz CT molecular complexity index is 1460. The Morgan fingerprint density at radius 2 is 2.00 bits per heavy atom. The van der Waals surface area contributed by atoms with Crippen molar-refractivity contribution >= 4 is 28.0 Å². The number of hydrogen-bond donors (Lipinski definition) is 1. The second-order valence-corrected chi connectivity index (χ2v) is 8.91. The number of pyridine rings is 1. The van der Waals surface area contributed by atoms with Gasteiger partial charge in [0, 0.05) is 31.1 Å². The second kappa shape index (κ2) is 7.03. The SMILES string of the molecule is Cc1c(-c2ccc3c(c2)CN(CCC(=O)O)C3)ccc2c3ocnc3c(=O)n(C3CC3)c12. The fourth-order valence-electron chi connectivity index (χ4n) is 5.04. The van der Waals surface area contributed by atoms with Crippen LogP contribution >= 0.6 is 0 Å². The number of hydrogen-bond acceptors (Lipinski definition) is 5. The molecule has 6 rings (SSSR count). The van der Waals surface area contributed by atoms with Crippen LogP contribution in [0.1, 0.15) is 42.0 Å². The van der Waals surface area contributed by atoms with Crippen LogP contribution in [0.15, 0.2) is 45.9 Å². The number of carboxylic acid groups (broad SMARTS) is 1. The van der Waals surface area contributed by atoms with Gasteiger partial charge in [-0.1, -0.05) is 18.2 Å². The first-order valence-electron chi connectivity index (χ1n) is 11.0. The largest absolute Gasteiger partial charge is 0.481 e. The highest BCUT2D eigenvalue weighted by Crippen LogP contribution is 2.40. The fourth-order valence-corrected chi connectivity index (χ4v) is 5.04. The van der Waals surface area contributed by atoms with Crippen molar-refractivity contribution in [3.8, 4) is 11.1 Å². The Morgan fingerprint density at radius 1 is 1.19 bits per heavy atom. The van der Waals surface area contributed by atoms with E-state index in [2.05, 4.69) is 41.1 Å². The molecular formula is C25H23N3O4. The van der Waals surface area contributed by atoms with Crippen molar-refractivity contribution in [2.75, 3.05) is 6.54 Å². The molecule has 1 aliphatic carbocycles. The van der Waals surface area contributed by atoms with Crippen LogP contribution in [-0.2, 0) is 17.9 Å². The Labute approximate surface area is 183 Å². The Morgan fingerprint density at radius 3 is 2.78 bits per heavy atom. The molecule has 162 valence electrons. The van der Waals surface area contributed by atoms with Gasteiger partial charge in [0.15, 0.2) is 17.5 Å². The van der Waals surface area contributed by atoms with E-state index >= 15 is 0 Å². The number of oxazole rings is 1. The molecule has 1 aliphatic heterocycles. The van der Waals surface area contributed by atoms with Crippen molar-refractivity contribution < 1.29 is 14.3 Å². The summed E-state index contributed by atoms with van der Waals surface area (Å²) in [5.41, 5.74) is 7.55. The number of aliphatic carboxylic acids is 1. The van der Waals surface area contributed by atoms with Crippen LogP contribution in [0.25, 0.3) is 33.1 Å². The zero-order valence-electron chi connectivity index (χ0n) is 17.8. The number of carboxylic acids is 1. The van der Waals surface area contributed by atoms with Gasteiger partial charge in [-0.2, -0.15) is 0 Å². The predicted octanol–water partition coefficient (Wildman–Crippen LogP) is 4.24. The molecule has 0 saturated heterocycles. The number of fused-ring (bicyclic) bond motifs is 4. The van der Waals surface area contributed by atoms with Crippen molar-refractivity contribution in [3.05, 3.63) is 63.8 Å². The lowest BCUT2D eigenvalue weighted by atomic mass is 9.95. The first-order valence-corrected chi connectivity index (χ1v) is 11.0. The lowest BCUT2D eigenvalue weighted by Gasteiger charge is -2.16. The molecular weight excluding hydrogens is 406 g/mol. The molecule has 2 aromatic carbocycles. The lowest BCUT2D eigenvalue weighted by molar-refractivity contribution is -0.137. The number of nitrogens with zero attached hydrogens (tertiary/aromatic N) is 3. The van der Waals surface area contributed by atoms with Gasteiger partial charge in [-0.3, -0.25) is 14.5 Å². The summed E-state index contributed by atoms with van der Waals surface area (Å²) in [6, 6.07) is 10.8. The highest BCUT2D eigenvalue weighted by atomic mass is 16.4. The van der Waals surface area contributed by atoms with Crippen LogP contribution < -0.4 is 5.56 Å². The molecule has 0 bridgehead atoms. The van der Waals surface area contributed by atoms with Gasteiger partial charge in [0.05, 0.1) is 11.9 Å². The van der Waals surface area contributed by atoms with E-state index in [1.807, 2.05) is 10.6 Å². The van der Waals surface area contributed by atoms with Gasteiger partial charge in [-0.25, -0.2) is 4.98 Å². The van der Waals surface area contributed by atoms with Crippen molar-refractivity contribution in [1.82, 2.24) is 14.5 Å². The maximum atomic E-state index is 13.2. The summed E-state index contributed by atoms with van der Waals surface area (Å²) in [6.45, 7) is 4.17. The second-order valence-electron chi connectivity index (χ2n) is 8.91. The minimum atomic E-state index is -0.768. The third-order valence-corrected chi connectivity index (χ3v) is 6.76. The third-order valence-electron chi connectivity index (χ3n) is 6.76. The smallest absolute Gasteiger partial charge is 0.304 e. The van der Waals surface area contributed by atoms with E-state index in [-0.39, 0.29) is 18.0 Å². The zero-order valence-corrected chi connectivity index (χ0v) is 17.8. The Hall–Kier alpha value is -3.45. The van der Waals surface area contributed by atoms with Crippen LogP contribution in [-0.4, -0.2) is 32.1 Å². The molecule has 0 atom stereocenters. The first kappa shape index (κ1) is 19.3. The van der Waals surface area contributed by atoms with E-state index in [1.54, 1.807) is 0 Å². The highest BCUT2D eigenvalue weighted by molar-refractivity contribution is 6.04. The number of aromatic nitrogens is 2. The van der Waals surface area contributed by atoms with Gasteiger partial charge in [-0.15, -0.1) is 0 Å². The molecule has 1 N–H and O–H groups in total. The standard InChI is InChI=1S/C25H23N3O4/c1-14-19(15-2-3-16-11-27(9-8-21(29)30)12-17(16)10-15)6-7-20-23(14)28(18-4-5-18)25(31)22-24(20)32-13-26-22/h2-3,6-7,10,13,18H,4-5,8-9,11-12H2,1H3,(H,29,30). The summed E-state index contributed by atoms with van der Waals surface area (Å²) < 4.78 is 7.52. The average Bonchev–Trinajstić information content (AvgIpc) is 3.32. The van der Waals surface area contributed by atoms with Crippen LogP contribution in [0.3, 0.4) is 0 Å². The molecule has 0 amide bonds. The van der Waals surface area contributed by atoms with E-state index in [0.717, 1.165) is 53.5 Å². The molecule has 0 radical (unpaired) electrons. The van der Waals surface area contributed by atoms with Gasteiger partial charge < -0.3 is 14.1 Å². The Kier molecular flexibility index (Phi) is 4.23. The molecule has 0 unspecified atom stereocenters. The normalized spacial score (nSPS) is 16.2. The lowest BCUT2D eigenvalue weighted by Crippen LogP contribution is -2.20. The summed E-state index contributed by atoms with van der Waals surface area (Å²) >= 11 is 0. The molecule has 4 aromatic rings. The van der Waals surface area contributed by atoms with Crippen LogP contribution in [0.4, 0.5) is 0 Å². The van der Waals surface area contributed by atoms with E-state index in [0.29, 0.717) is 17.6 Å². The number of aryl methyl sites for hydroxylation is 1. The van der Waals surface area contributed by atoms with Crippen molar-refractivity contribution in [2.45, 2.75) is 45.3 Å². The highest BCUT2D eigenvalue weighted by Gasteiger charge is 2.30. The molecule has 2 aliphatic rings. The average molecular weight is 429 g/mol. The molecule has 2 aromatic heterocycles. The summed E-state index contributed by atoms with van der Waals surface area (Å²) in [7, 11) is 0. The van der Waals surface area contributed by atoms with Crippen molar-refractivity contribution in [2.24, 2.45) is 0 Å². The van der Waals surface area contributed by atoms with Crippen molar-refractivity contribution in [1.29, 1.82) is 0 Å². The molecule has 32 heavy (non-hydrogen) atoms. The zero-order chi connectivity index (χ0) is 22.0. The van der Waals surface area contributed by atoms with E-state index in [1.165, 1.54) is 17.5 Å². The van der Waals surface area contributed by atoms with Gasteiger partial charge in [0.1, 0.15) is 0 Å². The quantitative estimate of drug-likeness (QED) is 0.510. The van der Waals surface area contributed by atoms with Gasteiger partial charge in [-0.05, 0) is 59.7 Å². The van der Waals surface area contributed by atoms with E-state index in [9.17, 15) is 9.59 Å². The number of carbonyl (C=O) groups is 1. The maximum Gasteiger partial charge on any atom is 0.304 e. The molecule has 0 spiro atoms. The molecule has 1 fully saturated rings. The molecule has 7 nitrogen and oxygen atoms in total.